The molecule has 5 nitrogen and oxygen atoms in total. The maximum atomic E-state index is 11.9. The lowest BCUT2D eigenvalue weighted by molar-refractivity contribution is -0.129. The second kappa shape index (κ2) is 4.74. The molecule has 0 unspecified atom stereocenters. The SMILES string of the molecule is CNC(=O)C(C)(C)Cn1c(N)nc2c(Cl)cccc21. The van der Waals surface area contributed by atoms with Gasteiger partial charge in [-0.15, -0.1) is 0 Å². The van der Waals surface area contributed by atoms with E-state index in [1.165, 1.54) is 0 Å². The normalized spacial score (nSPS) is 11.8. The van der Waals surface area contributed by atoms with Crippen molar-refractivity contribution in [3.05, 3.63) is 23.2 Å². The summed E-state index contributed by atoms with van der Waals surface area (Å²) in [5, 5.41) is 3.21. The second-order valence-electron chi connectivity index (χ2n) is 5.13. The van der Waals surface area contributed by atoms with Crippen molar-refractivity contribution >= 4 is 34.5 Å². The number of rotatable bonds is 3. The van der Waals surface area contributed by atoms with Crippen LogP contribution in [0, 0.1) is 5.41 Å². The van der Waals surface area contributed by atoms with E-state index in [9.17, 15) is 4.79 Å². The number of para-hydroxylation sites is 1. The van der Waals surface area contributed by atoms with Crippen LogP contribution in [-0.4, -0.2) is 22.5 Å². The molecule has 0 bridgehead atoms. The molecule has 0 atom stereocenters. The second-order valence-corrected chi connectivity index (χ2v) is 5.53. The van der Waals surface area contributed by atoms with E-state index in [0.717, 1.165) is 5.52 Å². The van der Waals surface area contributed by atoms with Gasteiger partial charge in [0.1, 0.15) is 5.52 Å². The number of benzene rings is 1. The fourth-order valence-electron chi connectivity index (χ4n) is 2.10. The molecule has 102 valence electrons. The number of nitrogens with one attached hydrogen (secondary N) is 1. The molecule has 2 rings (SSSR count). The molecular formula is C13H17ClN4O. The lowest BCUT2D eigenvalue weighted by atomic mass is 9.92. The van der Waals surface area contributed by atoms with Gasteiger partial charge in [0, 0.05) is 13.6 Å². The predicted octanol–water partition coefficient (Wildman–Crippen LogP) is 2.04. The highest BCUT2D eigenvalue weighted by molar-refractivity contribution is 6.35. The Hall–Kier alpha value is -1.75. The van der Waals surface area contributed by atoms with Gasteiger partial charge in [0.2, 0.25) is 11.9 Å². The van der Waals surface area contributed by atoms with Crippen LogP contribution in [0.2, 0.25) is 5.02 Å². The summed E-state index contributed by atoms with van der Waals surface area (Å²) in [6.07, 6.45) is 0. The van der Waals surface area contributed by atoms with Gasteiger partial charge in [0.05, 0.1) is 16.0 Å². The molecule has 1 amide bonds. The largest absolute Gasteiger partial charge is 0.369 e. The first kappa shape index (κ1) is 13.7. The van der Waals surface area contributed by atoms with Crippen molar-refractivity contribution in [2.45, 2.75) is 20.4 Å². The van der Waals surface area contributed by atoms with Gasteiger partial charge in [0.15, 0.2) is 0 Å². The van der Waals surface area contributed by atoms with Crippen LogP contribution in [-0.2, 0) is 11.3 Å². The van der Waals surface area contributed by atoms with Crippen LogP contribution >= 0.6 is 11.6 Å². The number of hydrogen-bond donors (Lipinski definition) is 2. The third-order valence-electron chi connectivity index (χ3n) is 3.15. The van der Waals surface area contributed by atoms with E-state index >= 15 is 0 Å². The molecule has 0 spiro atoms. The van der Waals surface area contributed by atoms with Gasteiger partial charge < -0.3 is 15.6 Å². The third-order valence-corrected chi connectivity index (χ3v) is 3.46. The van der Waals surface area contributed by atoms with Crippen LogP contribution in [0.1, 0.15) is 13.8 Å². The Kier molecular flexibility index (Phi) is 3.41. The zero-order valence-corrected chi connectivity index (χ0v) is 12.0. The molecular weight excluding hydrogens is 264 g/mol. The molecule has 1 aromatic heterocycles. The Morgan fingerprint density at radius 1 is 1.53 bits per heavy atom. The number of amides is 1. The molecule has 0 radical (unpaired) electrons. The summed E-state index contributed by atoms with van der Waals surface area (Å²) in [6.45, 7) is 4.17. The number of fused-ring (bicyclic) bond motifs is 1. The van der Waals surface area contributed by atoms with Gasteiger partial charge in [0.25, 0.3) is 0 Å². The molecule has 0 aliphatic heterocycles. The predicted molar refractivity (Wildman–Crippen MR) is 77.0 cm³/mol. The third kappa shape index (κ3) is 2.38. The summed E-state index contributed by atoms with van der Waals surface area (Å²) in [6, 6.07) is 5.50. The Bertz CT molecular complexity index is 633. The molecule has 1 aromatic carbocycles. The molecule has 6 heteroatoms. The fraction of sp³-hybridized carbons (Fsp3) is 0.385. The number of hydrogen-bond acceptors (Lipinski definition) is 3. The average Bonchev–Trinajstić information content (AvgIpc) is 2.67. The van der Waals surface area contributed by atoms with Crippen molar-refractivity contribution in [3.63, 3.8) is 0 Å². The number of imidazole rings is 1. The van der Waals surface area contributed by atoms with Crippen molar-refractivity contribution in [1.82, 2.24) is 14.9 Å². The lowest BCUT2D eigenvalue weighted by Crippen LogP contribution is -2.37. The minimum absolute atomic E-state index is 0.0456. The summed E-state index contributed by atoms with van der Waals surface area (Å²) in [5.74, 6) is 0.316. The molecule has 19 heavy (non-hydrogen) atoms. The van der Waals surface area contributed by atoms with Crippen LogP contribution in [0.25, 0.3) is 11.0 Å². The van der Waals surface area contributed by atoms with Crippen molar-refractivity contribution in [3.8, 4) is 0 Å². The minimum atomic E-state index is -0.585. The number of nitrogen functional groups attached to an aromatic ring is 1. The first-order valence-corrected chi connectivity index (χ1v) is 6.37. The Morgan fingerprint density at radius 3 is 2.84 bits per heavy atom. The van der Waals surface area contributed by atoms with Crippen LogP contribution in [0.4, 0.5) is 5.95 Å². The molecule has 0 saturated carbocycles. The first-order chi connectivity index (χ1) is 8.86. The summed E-state index contributed by atoms with van der Waals surface area (Å²) in [4.78, 5) is 16.1. The molecule has 0 fully saturated rings. The van der Waals surface area contributed by atoms with Crippen molar-refractivity contribution in [2.24, 2.45) is 5.41 Å². The van der Waals surface area contributed by atoms with Gasteiger partial charge in [-0.2, -0.15) is 0 Å². The smallest absolute Gasteiger partial charge is 0.227 e. The number of nitrogens with zero attached hydrogens (tertiary/aromatic N) is 2. The zero-order valence-electron chi connectivity index (χ0n) is 11.2. The summed E-state index contributed by atoms with van der Waals surface area (Å²) in [5.41, 5.74) is 6.84. The van der Waals surface area contributed by atoms with Crippen LogP contribution in [0.3, 0.4) is 0 Å². The van der Waals surface area contributed by atoms with E-state index in [1.807, 2.05) is 30.5 Å². The Labute approximate surface area is 116 Å². The highest BCUT2D eigenvalue weighted by atomic mass is 35.5. The molecule has 1 heterocycles. The van der Waals surface area contributed by atoms with E-state index in [0.29, 0.717) is 23.0 Å². The van der Waals surface area contributed by atoms with E-state index in [-0.39, 0.29) is 5.91 Å². The van der Waals surface area contributed by atoms with Gasteiger partial charge >= 0.3 is 0 Å². The molecule has 0 aliphatic rings. The summed E-state index contributed by atoms with van der Waals surface area (Å²) in [7, 11) is 1.62. The molecule has 3 N–H and O–H groups in total. The van der Waals surface area contributed by atoms with Gasteiger partial charge in [-0.25, -0.2) is 4.98 Å². The number of halogens is 1. The van der Waals surface area contributed by atoms with E-state index in [2.05, 4.69) is 10.3 Å². The van der Waals surface area contributed by atoms with Crippen molar-refractivity contribution in [1.29, 1.82) is 0 Å². The highest BCUT2D eigenvalue weighted by Gasteiger charge is 2.28. The molecule has 0 aliphatic carbocycles. The maximum Gasteiger partial charge on any atom is 0.227 e. The number of carbonyl (C=O) groups is 1. The van der Waals surface area contributed by atoms with Gasteiger partial charge in [-0.1, -0.05) is 17.7 Å². The van der Waals surface area contributed by atoms with Crippen LogP contribution in [0.5, 0.6) is 0 Å². The van der Waals surface area contributed by atoms with Crippen LogP contribution < -0.4 is 11.1 Å². The highest BCUT2D eigenvalue weighted by Crippen LogP contribution is 2.28. The topological polar surface area (TPSA) is 72.9 Å². The average molecular weight is 281 g/mol. The van der Waals surface area contributed by atoms with Crippen LogP contribution in [0.15, 0.2) is 18.2 Å². The van der Waals surface area contributed by atoms with Crippen molar-refractivity contribution in [2.75, 3.05) is 12.8 Å². The monoisotopic (exact) mass is 280 g/mol. The standard InChI is InChI=1S/C13H17ClN4O/c1-13(2,11(19)16-3)7-18-9-6-4-5-8(14)10(9)17-12(18)15/h4-6H,7H2,1-3H3,(H2,15,17)(H,16,19). The van der Waals surface area contributed by atoms with E-state index < -0.39 is 5.41 Å². The molecule has 0 saturated heterocycles. The lowest BCUT2D eigenvalue weighted by Gasteiger charge is -2.23. The van der Waals surface area contributed by atoms with Gasteiger partial charge in [-0.05, 0) is 26.0 Å². The van der Waals surface area contributed by atoms with E-state index in [4.69, 9.17) is 17.3 Å². The number of nitrogens with two attached hydrogens (primary N) is 1. The quantitative estimate of drug-likeness (QED) is 0.904. The Balaban J connectivity index is 2.49. The van der Waals surface area contributed by atoms with Gasteiger partial charge in [-0.3, -0.25) is 4.79 Å². The maximum absolute atomic E-state index is 11.9. The minimum Gasteiger partial charge on any atom is -0.369 e. The van der Waals surface area contributed by atoms with Crippen molar-refractivity contribution < 1.29 is 4.79 Å². The number of carbonyl (C=O) groups excluding carboxylic acids is 1. The fourth-order valence-corrected chi connectivity index (χ4v) is 2.31. The van der Waals surface area contributed by atoms with E-state index in [1.54, 1.807) is 13.1 Å². The Morgan fingerprint density at radius 2 is 2.21 bits per heavy atom. The number of aromatic nitrogens is 2. The summed E-state index contributed by atoms with van der Waals surface area (Å²) < 4.78 is 1.82. The summed E-state index contributed by atoms with van der Waals surface area (Å²) >= 11 is 6.09. The zero-order chi connectivity index (χ0) is 14.2. The molecule has 2 aromatic rings. The number of anilines is 1. The first-order valence-electron chi connectivity index (χ1n) is 5.99.